The molecule has 0 aromatic heterocycles. The number of carbonyl (C=O) groups is 9. The molecule has 10 heterocycles. The van der Waals surface area contributed by atoms with Crippen molar-refractivity contribution in [1.29, 1.82) is 0 Å². The van der Waals surface area contributed by atoms with Gasteiger partial charge in [-0.3, -0.25) is 38.6 Å². The van der Waals surface area contributed by atoms with E-state index in [9.17, 15) is 43.2 Å². The van der Waals surface area contributed by atoms with Crippen molar-refractivity contribution in [2.24, 2.45) is 29.4 Å². The molecule has 0 aliphatic carbocycles. The normalized spacial score (nSPS) is 29.4. The van der Waals surface area contributed by atoms with Gasteiger partial charge in [-0.15, -0.1) is 0 Å². The highest BCUT2D eigenvalue weighted by molar-refractivity contribution is 8.00. The lowest BCUT2D eigenvalue weighted by Gasteiger charge is -2.17. The van der Waals surface area contributed by atoms with E-state index >= 15 is 0 Å². The molecule has 10 aliphatic heterocycles. The van der Waals surface area contributed by atoms with Crippen molar-refractivity contribution in [2.45, 2.75) is 110 Å². The number of thioether (sulfide) groups is 2. The van der Waals surface area contributed by atoms with Crippen molar-refractivity contribution in [3.63, 3.8) is 0 Å². The van der Waals surface area contributed by atoms with Crippen molar-refractivity contribution < 1.29 is 90.9 Å². The van der Waals surface area contributed by atoms with E-state index < -0.39 is 17.9 Å². The third-order valence-electron chi connectivity index (χ3n) is 16.4. The number of amides is 11. The molecule has 14 atom stereocenters. The molecule has 10 N–H and O–H groups in total. The molecule has 8 saturated heterocycles. The number of alkyl carbamates (subject to hydrolysis) is 1. The number of hydrogen-bond donors (Lipinski definition) is 9. The van der Waals surface area contributed by atoms with Crippen LogP contribution >= 0.6 is 23.5 Å². The zero-order chi connectivity index (χ0) is 62.2. The molecule has 88 heavy (non-hydrogen) atoms. The first-order valence-electron chi connectivity index (χ1n) is 30.8. The Hall–Kier alpha value is -5.19. The SMILES string of the molecule is NCCOCCOCCNC(=O)CCCCC1SCC2NC(=O)NC21.O=C(CCCCC1SCC2NC(=O)NC21)NCCOCCOCCNC(=O)OCCOCCN1C(=O)C2C3C=CC(O3)C2C1=O.O=C1C2C3C=CC(O3)C2C(=O)N1CCOCCO. The van der Waals surface area contributed by atoms with Gasteiger partial charge in [0.05, 0.1) is 171 Å². The van der Waals surface area contributed by atoms with Crippen molar-refractivity contribution in [2.75, 3.05) is 143 Å². The molecule has 10 rings (SSSR count). The van der Waals surface area contributed by atoms with Gasteiger partial charge in [-0.1, -0.05) is 37.1 Å². The summed E-state index contributed by atoms with van der Waals surface area (Å²) in [6.45, 7) is 6.39. The summed E-state index contributed by atoms with van der Waals surface area (Å²) in [5, 5.41) is 29.6. The summed E-state index contributed by atoms with van der Waals surface area (Å²) in [4.78, 5) is 110. The third kappa shape index (κ3) is 19.4. The van der Waals surface area contributed by atoms with E-state index in [1.54, 1.807) is 0 Å². The Labute approximate surface area is 520 Å². The Morgan fingerprint density at radius 2 is 0.898 bits per heavy atom. The van der Waals surface area contributed by atoms with Crippen LogP contribution in [0.4, 0.5) is 14.4 Å². The van der Waals surface area contributed by atoms with Gasteiger partial charge in [0, 0.05) is 61.0 Å². The molecule has 4 bridgehead atoms. The Bertz CT molecular complexity index is 2360. The lowest BCUT2D eigenvalue weighted by molar-refractivity contribution is -0.144. The van der Waals surface area contributed by atoms with Crippen molar-refractivity contribution >= 4 is 77.1 Å². The zero-order valence-electron chi connectivity index (χ0n) is 49.7. The summed E-state index contributed by atoms with van der Waals surface area (Å²) in [6.07, 6.45) is 12.4. The maximum atomic E-state index is 12.6. The number of likely N-dealkylation sites (tertiary alicyclic amines) is 2. The van der Waals surface area contributed by atoms with Crippen LogP contribution in [0.2, 0.25) is 0 Å². The Balaban J connectivity index is 0.000000194. The molecule has 8 fully saturated rings. The van der Waals surface area contributed by atoms with E-state index in [1.165, 1.54) is 9.80 Å². The summed E-state index contributed by atoms with van der Waals surface area (Å²) in [7, 11) is 0. The van der Waals surface area contributed by atoms with Crippen molar-refractivity contribution in [3.8, 4) is 0 Å². The predicted octanol–water partition coefficient (Wildman–Crippen LogP) is -1.70. The minimum atomic E-state index is -0.597. The molecular weight excluding hydrogens is 1190 g/mol. The number of urea groups is 2. The van der Waals surface area contributed by atoms with Gasteiger partial charge in [0.25, 0.3) is 0 Å². The van der Waals surface area contributed by atoms with E-state index in [0.29, 0.717) is 89.2 Å². The van der Waals surface area contributed by atoms with Crippen molar-refractivity contribution in [3.05, 3.63) is 24.3 Å². The summed E-state index contributed by atoms with van der Waals surface area (Å²) >= 11 is 3.79. The molecule has 0 saturated carbocycles. The molecule has 0 radical (unpaired) electrons. The van der Waals surface area contributed by atoms with Gasteiger partial charge >= 0.3 is 18.2 Å². The molecule has 492 valence electrons. The first-order chi connectivity index (χ1) is 42.9. The number of ether oxygens (including phenoxy) is 9. The minimum absolute atomic E-state index is 0.00409. The van der Waals surface area contributed by atoms with Crippen LogP contribution in [-0.2, 0) is 71.4 Å². The number of nitrogens with one attached hydrogen (secondary N) is 7. The highest BCUT2D eigenvalue weighted by Gasteiger charge is 2.61. The van der Waals surface area contributed by atoms with Crippen LogP contribution in [0.15, 0.2) is 24.3 Å². The topological polar surface area (TPSA) is 374 Å². The van der Waals surface area contributed by atoms with Gasteiger partial charge in [-0.2, -0.15) is 23.5 Å². The number of fused-ring (bicyclic) bond motifs is 12. The lowest BCUT2D eigenvalue weighted by Crippen LogP contribution is -2.37. The lowest BCUT2D eigenvalue weighted by atomic mass is 9.85. The first-order valence-corrected chi connectivity index (χ1v) is 32.9. The average Bonchev–Trinajstić information content (AvgIpc) is 1.66. The summed E-state index contributed by atoms with van der Waals surface area (Å²) in [6, 6.07) is 0.823. The summed E-state index contributed by atoms with van der Waals surface area (Å²) in [5.41, 5.74) is 5.30. The van der Waals surface area contributed by atoms with Crippen LogP contribution in [0.3, 0.4) is 0 Å². The second-order valence-electron chi connectivity index (χ2n) is 22.3. The minimum Gasteiger partial charge on any atom is -0.447 e. The number of aliphatic hydroxyl groups is 1. The molecule has 0 spiro atoms. The maximum Gasteiger partial charge on any atom is 0.407 e. The molecule has 0 aromatic rings. The van der Waals surface area contributed by atoms with Crippen LogP contribution < -0.4 is 43.0 Å². The summed E-state index contributed by atoms with van der Waals surface area (Å²) in [5.74, 6) is -0.281. The maximum absolute atomic E-state index is 12.6. The molecule has 11 amide bonds. The van der Waals surface area contributed by atoms with Gasteiger partial charge in [-0.25, -0.2) is 14.4 Å². The average molecular weight is 1280 g/mol. The van der Waals surface area contributed by atoms with E-state index in [1.807, 2.05) is 47.8 Å². The van der Waals surface area contributed by atoms with Crippen LogP contribution in [0.25, 0.3) is 0 Å². The molecule has 31 heteroatoms. The van der Waals surface area contributed by atoms with Crippen LogP contribution in [-0.4, -0.2) is 271 Å². The number of nitrogens with two attached hydrogens (primary N) is 1. The second-order valence-corrected chi connectivity index (χ2v) is 24.9. The molecule has 29 nitrogen and oxygen atoms in total. The van der Waals surface area contributed by atoms with E-state index in [0.717, 1.165) is 50.0 Å². The van der Waals surface area contributed by atoms with Gasteiger partial charge in [-0.05, 0) is 25.7 Å². The Morgan fingerprint density at radius 3 is 1.32 bits per heavy atom. The smallest absolute Gasteiger partial charge is 0.407 e. The largest absolute Gasteiger partial charge is 0.447 e. The number of imide groups is 2. The number of unbranched alkanes of at least 4 members (excludes halogenated alkanes) is 2. The van der Waals surface area contributed by atoms with E-state index in [-0.39, 0.29) is 174 Å². The molecule has 0 aromatic carbocycles. The number of carbonyl (C=O) groups excluding carboxylic acids is 9. The monoisotopic (exact) mass is 1280 g/mol. The molecule has 14 unspecified atom stereocenters. The number of rotatable bonds is 38. The zero-order valence-corrected chi connectivity index (χ0v) is 51.3. The Kier molecular flexibility index (Phi) is 28.1. The third-order valence-corrected chi connectivity index (χ3v) is 19.5. The summed E-state index contributed by atoms with van der Waals surface area (Å²) < 4.78 is 48.1. The number of aliphatic hydroxyl groups excluding tert-OH is 1. The van der Waals surface area contributed by atoms with Crippen molar-refractivity contribution in [1.82, 2.24) is 47.0 Å². The number of nitrogens with zero attached hydrogens (tertiary/aromatic N) is 2. The van der Waals surface area contributed by atoms with E-state index in [4.69, 9.17) is 53.5 Å². The van der Waals surface area contributed by atoms with Gasteiger partial charge in [0.2, 0.25) is 35.4 Å². The highest BCUT2D eigenvalue weighted by atomic mass is 32.2. The molecular formula is C57H88N10O19S2. The quantitative estimate of drug-likeness (QED) is 0.0144. The fourth-order valence-corrected chi connectivity index (χ4v) is 15.3. The van der Waals surface area contributed by atoms with Gasteiger partial charge in [0.1, 0.15) is 6.61 Å². The van der Waals surface area contributed by atoms with Crippen LogP contribution in [0, 0.1) is 23.7 Å². The first kappa shape index (κ1) is 68.7. The van der Waals surface area contributed by atoms with Gasteiger partial charge < -0.3 is 90.7 Å². The number of hydrogen-bond acceptors (Lipinski definition) is 22. The predicted molar refractivity (Wildman–Crippen MR) is 317 cm³/mol. The fourth-order valence-electron chi connectivity index (χ4n) is 12.2. The standard InChI is InChI=1S/C29H43N5O10S.C16H30N4O4S.C12H15NO5/c35-22(4-2-1-3-21-25-18(17-45-21)32-28(38)33-25)30-7-10-40-13-14-41-11-8-31-29(39)43-16-15-42-12-9-34-26(36)23-19-5-6-20(44-19)24(23)27(34)37;17-5-7-23-9-10-24-8-6-18-14(21)4-2-1-3-13-15-12(11-25-13)19-16(22)20-15;14-4-6-17-5-3-13-11(15)9-7-1-2-8(18-7)10(9)12(13)16/h5-6,18-21,23-25H,1-4,7-17H2,(H,30,35)(H,31,39)(H2,32,33,38);12-13,15H,1-11,17H2,(H,18,21)(H2,19,20,22);1-2,7-10,14H,3-6H2. The fraction of sp³-hybridized carbons (Fsp3) is 0.772. The van der Waals surface area contributed by atoms with Crippen LogP contribution in [0.5, 0.6) is 0 Å². The Morgan fingerprint density at radius 1 is 0.511 bits per heavy atom. The van der Waals surface area contributed by atoms with E-state index in [2.05, 4.69) is 37.2 Å². The second kappa shape index (κ2) is 36.0. The van der Waals surface area contributed by atoms with Gasteiger partial charge in [0.15, 0.2) is 0 Å². The van der Waals surface area contributed by atoms with Crippen LogP contribution in [0.1, 0.15) is 51.4 Å². The highest BCUT2D eigenvalue weighted by Crippen LogP contribution is 2.46. The molecule has 10 aliphatic rings.